The van der Waals surface area contributed by atoms with E-state index < -0.39 is 6.09 Å². The van der Waals surface area contributed by atoms with Gasteiger partial charge in [-0.1, -0.05) is 30.0 Å². The van der Waals surface area contributed by atoms with Crippen molar-refractivity contribution in [2.45, 2.75) is 22.6 Å². The summed E-state index contributed by atoms with van der Waals surface area (Å²) >= 11 is 6.51. The molecule has 0 spiro atoms. The number of hydrogen-bond acceptors (Lipinski definition) is 7. The van der Waals surface area contributed by atoms with Gasteiger partial charge in [0.15, 0.2) is 5.13 Å². The Morgan fingerprint density at radius 2 is 2.17 bits per heavy atom. The lowest BCUT2D eigenvalue weighted by Gasteiger charge is -2.10. The van der Waals surface area contributed by atoms with Crippen LogP contribution in [0.5, 0.6) is 0 Å². The van der Waals surface area contributed by atoms with Crippen LogP contribution in [0.2, 0.25) is 0 Å². The summed E-state index contributed by atoms with van der Waals surface area (Å²) < 4.78 is 0.883. The average Bonchev–Trinajstić information content (AvgIpc) is 3.32. The fraction of sp³-hybridized carbons (Fsp3) is 0.200. The van der Waals surface area contributed by atoms with Gasteiger partial charge in [-0.3, -0.25) is 4.79 Å². The summed E-state index contributed by atoms with van der Waals surface area (Å²) in [4.78, 5) is 35.3. The van der Waals surface area contributed by atoms with Crippen LogP contribution in [0.1, 0.15) is 12.1 Å². The Labute approximate surface area is 189 Å². The smallest absolute Gasteiger partial charge is 0.414 e. The molecule has 1 unspecified atom stereocenters. The molecular formula is C20H17BrN4O3S2. The van der Waals surface area contributed by atoms with Gasteiger partial charge in [-0.2, -0.15) is 0 Å². The third-order valence-corrected chi connectivity index (χ3v) is 6.85. The summed E-state index contributed by atoms with van der Waals surface area (Å²) in [6, 6.07) is 12.0. The predicted octanol–water partition coefficient (Wildman–Crippen LogP) is 5.26. The van der Waals surface area contributed by atoms with Gasteiger partial charge in [0.05, 0.1) is 10.6 Å². The van der Waals surface area contributed by atoms with E-state index in [1.165, 1.54) is 11.3 Å². The first-order chi connectivity index (χ1) is 14.5. The first kappa shape index (κ1) is 20.8. The van der Waals surface area contributed by atoms with Crippen LogP contribution in [0.3, 0.4) is 0 Å². The number of nitrogens with zero attached hydrogens (tertiary/aromatic N) is 3. The second-order valence-electron chi connectivity index (χ2n) is 6.65. The number of anilines is 2. The van der Waals surface area contributed by atoms with Gasteiger partial charge in [0.25, 0.3) is 0 Å². The van der Waals surface area contributed by atoms with E-state index in [0.29, 0.717) is 23.8 Å². The fourth-order valence-corrected chi connectivity index (χ4v) is 5.28. The molecule has 1 aliphatic rings. The highest BCUT2D eigenvalue weighted by atomic mass is 79.9. The second kappa shape index (κ2) is 9.15. The minimum absolute atomic E-state index is 0.247. The molecule has 2 aromatic heterocycles. The number of halogens is 1. The standard InChI is InChI=1S/C20H17BrN4O3S2/c21-13-9-16(30-15-4-2-1-3-5-15)17(22-10-13)24-19-23-14(11-29-19)8-12-6-7-25(18(12)26)20(27)28/h1-5,9-12H,6-8H2,(H,27,28)(H,22,23,24). The number of pyridine rings is 1. The van der Waals surface area contributed by atoms with Crippen LogP contribution in [-0.2, 0) is 11.2 Å². The molecule has 4 rings (SSSR count). The molecule has 2 N–H and O–H groups in total. The van der Waals surface area contributed by atoms with E-state index in [1.807, 2.05) is 41.8 Å². The number of hydrogen-bond donors (Lipinski definition) is 2. The highest BCUT2D eigenvalue weighted by Crippen LogP contribution is 2.36. The molecule has 0 radical (unpaired) electrons. The van der Waals surface area contributed by atoms with Crippen molar-refractivity contribution in [3.05, 3.63) is 58.1 Å². The van der Waals surface area contributed by atoms with Crippen LogP contribution in [0, 0.1) is 5.92 Å². The van der Waals surface area contributed by atoms with Crippen molar-refractivity contribution in [3.8, 4) is 0 Å². The Hall–Kier alpha value is -2.43. The lowest BCUT2D eigenvalue weighted by Crippen LogP contribution is -2.32. The first-order valence-corrected chi connectivity index (χ1v) is 11.6. The van der Waals surface area contributed by atoms with Crippen molar-refractivity contribution < 1.29 is 14.7 Å². The average molecular weight is 505 g/mol. The molecule has 1 atom stereocenters. The summed E-state index contributed by atoms with van der Waals surface area (Å²) in [7, 11) is 0. The van der Waals surface area contributed by atoms with Gasteiger partial charge in [0, 0.05) is 39.8 Å². The van der Waals surface area contributed by atoms with E-state index in [0.717, 1.165) is 24.9 Å². The minimum atomic E-state index is -1.19. The van der Waals surface area contributed by atoms with Gasteiger partial charge in [-0.05, 0) is 40.5 Å². The Kier molecular flexibility index (Phi) is 6.35. The molecule has 2 amide bonds. The number of aromatic nitrogens is 2. The van der Waals surface area contributed by atoms with Crippen molar-refractivity contribution in [1.29, 1.82) is 0 Å². The molecule has 3 heterocycles. The monoisotopic (exact) mass is 504 g/mol. The molecule has 1 fully saturated rings. The maximum absolute atomic E-state index is 12.2. The number of carbonyl (C=O) groups is 2. The Morgan fingerprint density at radius 1 is 1.37 bits per heavy atom. The van der Waals surface area contributed by atoms with Crippen molar-refractivity contribution in [3.63, 3.8) is 0 Å². The number of carboxylic acid groups (broad SMARTS) is 1. The topological polar surface area (TPSA) is 95.4 Å². The number of thiazole rings is 1. The molecule has 0 saturated carbocycles. The molecular weight excluding hydrogens is 488 g/mol. The molecule has 10 heteroatoms. The molecule has 154 valence electrons. The molecule has 0 aliphatic carbocycles. The number of nitrogens with one attached hydrogen (secondary N) is 1. The van der Waals surface area contributed by atoms with Gasteiger partial charge in [-0.15, -0.1) is 11.3 Å². The highest BCUT2D eigenvalue weighted by Gasteiger charge is 2.35. The normalized spacial score (nSPS) is 16.1. The number of likely N-dealkylation sites (tertiary alicyclic amines) is 1. The van der Waals surface area contributed by atoms with E-state index >= 15 is 0 Å². The summed E-state index contributed by atoms with van der Waals surface area (Å²) in [6.45, 7) is 0.247. The predicted molar refractivity (Wildman–Crippen MR) is 119 cm³/mol. The molecule has 1 aliphatic heterocycles. The van der Waals surface area contributed by atoms with Crippen molar-refractivity contribution >= 4 is 62.0 Å². The van der Waals surface area contributed by atoms with Gasteiger partial charge >= 0.3 is 6.09 Å². The number of imide groups is 1. The van der Waals surface area contributed by atoms with Crippen LogP contribution >= 0.6 is 39.0 Å². The molecule has 30 heavy (non-hydrogen) atoms. The zero-order chi connectivity index (χ0) is 21.1. The van der Waals surface area contributed by atoms with Crippen LogP contribution in [0.4, 0.5) is 15.7 Å². The largest absolute Gasteiger partial charge is 0.465 e. The van der Waals surface area contributed by atoms with E-state index in [9.17, 15) is 9.59 Å². The third-order valence-electron chi connectivity index (χ3n) is 4.57. The van der Waals surface area contributed by atoms with Gasteiger partial charge in [-0.25, -0.2) is 19.7 Å². The van der Waals surface area contributed by atoms with Gasteiger partial charge in [0.2, 0.25) is 5.91 Å². The SMILES string of the molecule is O=C(O)N1CCC(Cc2csc(Nc3ncc(Br)cc3Sc3ccccc3)n2)C1=O. The number of rotatable bonds is 6. The summed E-state index contributed by atoms with van der Waals surface area (Å²) in [5.74, 6) is 0.00846. The van der Waals surface area contributed by atoms with Gasteiger partial charge in [0.1, 0.15) is 5.82 Å². The minimum Gasteiger partial charge on any atom is -0.465 e. The van der Waals surface area contributed by atoms with Crippen LogP contribution in [0.25, 0.3) is 0 Å². The lowest BCUT2D eigenvalue weighted by molar-refractivity contribution is -0.129. The Bertz CT molecular complexity index is 1080. The molecule has 3 aromatic rings. The van der Waals surface area contributed by atoms with E-state index in [2.05, 4.69) is 31.2 Å². The molecule has 1 saturated heterocycles. The second-order valence-corrected chi connectivity index (χ2v) is 9.54. The lowest BCUT2D eigenvalue weighted by atomic mass is 10.0. The number of amides is 2. The molecule has 0 bridgehead atoms. The zero-order valence-electron chi connectivity index (χ0n) is 15.6. The highest BCUT2D eigenvalue weighted by molar-refractivity contribution is 9.10. The summed E-state index contributed by atoms with van der Waals surface area (Å²) in [6.07, 6.45) is 1.49. The third kappa shape index (κ3) is 4.82. The fourth-order valence-electron chi connectivity index (χ4n) is 3.14. The van der Waals surface area contributed by atoms with E-state index in [-0.39, 0.29) is 18.4 Å². The Balaban J connectivity index is 1.46. The summed E-state index contributed by atoms with van der Waals surface area (Å²) in [5.41, 5.74) is 0.766. The number of carbonyl (C=O) groups excluding carboxylic acids is 1. The maximum Gasteiger partial charge on any atom is 0.414 e. The van der Waals surface area contributed by atoms with Crippen LogP contribution < -0.4 is 5.32 Å². The van der Waals surface area contributed by atoms with Crippen molar-refractivity contribution in [1.82, 2.24) is 14.9 Å². The summed E-state index contributed by atoms with van der Waals surface area (Å²) in [5, 5.41) is 14.9. The zero-order valence-corrected chi connectivity index (χ0v) is 18.8. The first-order valence-electron chi connectivity index (χ1n) is 9.14. The van der Waals surface area contributed by atoms with E-state index in [4.69, 9.17) is 5.11 Å². The number of benzene rings is 1. The molecule has 7 nitrogen and oxygen atoms in total. The Morgan fingerprint density at radius 3 is 2.90 bits per heavy atom. The van der Waals surface area contributed by atoms with Crippen molar-refractivity contribution in [2.75, 3.05) is 11.9 Å². The van der Waals surface area contributed by atoms with E-state index in [1.54, 1.807) is 18.0 Å². The van der Waals surface area contributed by atoms with Crippen molar-refractivity contribution in [2.24, 2.45) is 5.92 Å². The van der Waals surface area contributed by atoms with Crippen LogP contribution in [0.15, 0.2) is 62.2 Å². The van der Waals surface area contributed by atoms with Gasteiger partial charge < -0.3 is 10.4 Å². The van der Waals surface area contributed by atoms with Crippen LogP contribution in [-0.4, -0.2) is 38.5 Å². The molecule has 1 aromatic carbocycles. The maximum atomic E-state index is 12.2. The quantitative estimate of drug-likeness (QED) is 0.472.